The van der Waals surface area contributed by atoms with E-state index in [9.17, 15) is 0 Å². The molecule has 0 aliphatic heterocycles. The summed E-state index contributed by atoms with van der Waals surface area (Å²) < 4.78 is 0.966. The number of thiocarbonyl (C=S) groups is 1. The van der Waals surface area contributed by atoms with Crippen molar-refractivity contribution in [3.8, 4) is 0 Å². The molecule has 98 valence electrons. The van der Waals surface area contributed by atoms with Crippen LogP contribution in [-0.2, 0) is 0 Å². The Morgan fingerprint density at radius 1 is 1.37 bits per heavy atom. The number of nitrogens with one attached hydrogen (secondary N) is 1. The Labute approximate surface area is 130 Å². The summed E-state index contributed by atoms with van der Waals surface area (Å²) in [6.07, 6.45) is 1.79. The van der Waals surface area contributed by atoms with Crippen molar-refractivity contribution < 1.29 is 0 Å². The molecule has 0 aliphatic carbocycles. The first kappa shape index (κ1) is 14.2. The zero-order valence-electron chi connectivity index (χ0n) is 10.2. The largest absolute Gasteiger partial charge is 0.330 e. The quantitative estimate of drug-likeness (QED) is 0.509. The highest BCUT2D eigenvalue weighted by Gasteiger charge is 2.04. The van der Waals surface area contributed by atoms with Crippen molar-refractivity contribution in [3.63, 3.8) is 0 Å². The Kier molecular flexibility index (Phi) is 5.07. The van der Waals surface area contributed by atoms with Gasteiger partial charge in [-0.1, -0.05) is 18.2 Å². The fourth-order valence-corrected chi connectivity index (χ4v) is 2.44. The van der Waals surface area contributed by atoms with Crippen LogP contribution in [0.3, 0.4) is 0 Å². The number of benzene rings is 1. The lowest BCUT2D eigenvalue weighted by atomic mass is 10.3. The number of para-hydroxylation sites is 1. The van der Waals surface area contributed by atoms with Crippen molar-refractivity contribution in [1.29, 1.82) is 0 Å². The normalized spacial score (nSPS) is 10.6. The van der Waals surface area contributed by atoms with Crippen LogP contribution in [0.1, 0.15) is 4.88 Å². The van der Waals surface area contributed by atoms with Crippen molar-refractivity contribution in [1.82, 2.24) is 5.01 Å². The summed E-state index contributed by atoms with van der Waals surface area (Å²) in [5.74, 6) is 0. The maximum Gasteiger partial charge on any atom is 0.193 e. The highest BCUT2D eigenvalue weighted by Crippen LogP contribution is 2.21. The second-order valence-electron chi connectivity index (χ2n) is 3.69. The summed E-state index contributed by atoms with van der Waals surface area (Å²) in [5.41, 5.74) is 0.922. The van der Waals surface area contributed by atoms with E-state index in [4.69, 9.17) is 12.2 Å². The molecule has 0 unspecified atom stereocenters. The van der Waals surface area contributed by atoms with Gasteiger partial charge in [0.15, 0.2) is 5.11 Å². The Balaban J connectivity index is 1.98. The van der Waals surface area contributed by atoms with Crippen LogP contribution >= 0.6 is 39.5 Å². The van der Waals surface area contributed by atoms with Gasteiger partial charge in [-0.2, -0.15) is 5.10 Å². The lowest BCUT2D eigenvalue weighted by Gasteiger charge is -2.16. The van der Waals surface area contributed by atoms with Gasteiger partial charge in [0, 0.05) is 16.4 Å². The zero-order chi connectivity index (χ0) is 13.7. The maximum atomic E-state index is 5.30. The first-order valence-corrected chi connectivity index (χ1v) is 7.61. The fourth-order valence-electron chi connectivity index (χ4n) is 1.32. The second-order valence-corrected chi connectivity index (χ2v) is 5.91. The SMILES string of the molecule is CN(/N=C/c1cccs1)C(=S)Nc1ccccc1Br. The minimum absolute atomic E-state index is 0.541. The van der Waals surface area contributed by atoms with E-state index in [1.54, 1.807) is 22.6 Å². The smallest absolute Gasteiger partial charge is 0.193 e. The van der Waals surface area contributed by atoms with Crippen LogP contribution in [0.4, 0.5) is 5.69 Å². The number of nitrogens with zero attached hydrogens (tertiary/aromatic N) is 2. The number of halogens is 1. The fraction of sp³-hybridized carbons (Fsp3) is 0.0769. The summed E-state index contributed by atoms with van der Waals surface area (Å²) in [6, 6.07) is 11.8. The average molecular weight is 354 g/mol. The van der Waals surface area contributed by atoms with E-state index in [1.807, 2.05) is 48.8 Å². The summed E-state index contributed by atoms with van der Waals surface area (Å²) in [4.78, 5) is 1.09. The molecule has 1 aromatic carbocycles. The molecule has 19 heavy (non-hydrogen) atoms. The highest BCUT2D eigenvalue weighted by molar-refractivity contribution is 9.10. The zero-order valence-corrected chi connectivity index (χ0v) is 13.4. The first-order chi connectivity index (χ1) is 9.16. The minimum atomic E-state index is 0.541. The van der Waals surface area contributed by atoms with Gasteiger partial charge in [0.25, 0.3) is 0 Å². The van der Waals surface area contributed by atoms with Crippen LogP contribution in [0.2, 0.25) is 0 Å². The molecule has 0 atom stereocenters. The average Bonchev–Trinajstić information content (AvgIpc) is 2.91. The summed E-state index contributed by atoms with van der Waals surface area (Å²) in [7, 11) is 1.82. The predicted octanol–water partition coefficient (Wildman–Crippen LogP) is 4.17. The molecule has 1 heterocycles. The number of anilines is 1. The molecular formula is C13H12BrN3S2. The summed E-state index contributed by atoms with van der Waals surface area (Å²) in [6.45, 7) is 0. The second kappa shape index (κ2) is 6.79. The van der Waals surface area contributed by atoms with Crippen LogP contribution in [0.5, 0.6) is 0 Å². The molecule has 0 spiro atoms. The van der Waals surface area contributed by atoms with E-state index in [2.05, 4.69) is 26.3 Å². The van der Waals surface area contributed by atoms with Gasteiger partial charge in [-0.15, -0.1) is 11.3 Å². The van der Waals surface area contributed by atoms with Gasteiger partial charge in [0.05, 0.1) is 11.9 Å². The van der Waals surface area contributed by atoms with Crippen LogP contribution in [0.25, 0.3) is 0 Å². The third-order valence-corrected chi connectivity index (χ3v) is 4.18. The van der Waals surface area contributed by atoms with Gasteiger partial charge >= 0.3 is 0 Å². The predicted molar refractivity (Wildman–Crippen MR) is 90.0 cm³/mol. The molecule has 6 heteroatoms. The molecular weight excluding hydrogens is 342 g/mol. The van der Waals surface area contributed by atoms with E-state index in [0.29, 0.717) is 5.11 Å². The molecule has 0 bridgehead atoms. The molecule has 0 saturated carbocycles. The molecule has 3 nitrogen and oxygen atoms in total. The van der Waals surface area contributed by atoms with Crippen molar-refractivity contribution in [3.05, 3.63) is 51.1 Å². The maximum absolute atomic E-state index is 5.30. The number of rotatable bonds is 3. The highest BCUT2D eigenvalue weighted by atomic mass is 79.9. The Hall–Kier alpha value is -1.24. The topological polar surface area (TPSA) is 27.6 Å². The van der Waals surface area contributed by atoms with E-state index in [0.717, 1.165) is 15.0 Å². The Morgan fingerprint density at radius 2 is 2.16 bits per heavy atom. The van der Waals surface area contributed by atoms with E-state index in [-0.39, 0.29) is 0 Å². The van der Waals surface area contributed by atoms with Gasteiger partial charge in [-0.25, -0.2) is 5.01 Å². The minimum Gasteiger partial charge on any atom is -0.330 e. The number of thiophene rings is 1. The molecule has 1 N–H and O–H groups in total. The van der Waals surface area contributed by atoms with E-state index < -0.39 is 0 Å². The Morgan fingerprint density at radius 3 is 2.84 bits per heavy atom. The summed E-state index contributed by atoms with van der Waals surface area (Å²) in [5, 5.41) is 11.6. The number of hydrazone groups is 1. The number of hydrogen-bond acceptors (Lipinski definition) is 3. The third-order valence-electron chi connectivity index (χ3n) is 2.31. The summed E-state index contributed by atoms with van der Waals surface area (Å²) >= 11 is 10.4. The Bertz CT molecular complexity index is 581. The van der Waals surface area contributed by atoms with Gasteiger partial charge in [0.2, 0.25) is 0 Å². The van der Waals surface area contributed by atoms with Crippen molar-refractivity contribution in [2.45, 2.75) is 0 Å². The van der Waals surface area contributed by atoms with Crippen LogP contribution in [-0.4, -0.2) is 23.4 Å². The van der Waals surface area contributed by atoms with Crippen LogP contribution in [0.15, 0.2) is 51.4 Å². The standard InChI is InChI=1S/C13H12BrN3S2/c1-17(15-9-10-5-4-8-19-10)13(18)16-12-7-3-2-6-11(12)14/h2-9H,1H3,(H,16,18)/b15-9+. The van der Waals surface area contributed by atoms with Gasteiger partial charge in [0.1, 0.15) is 0 Å². The van der Waals surface area contributed by atoms with Crippen molar-refractivity contribution in [2.24, 2.45) is 5.10 Å². The lowest BCUT2D eigenvalue weighted by molar-refractivity contribution is 0.557. The monoisotopic (exact) mass is 353 g/mol. The molecule has 0 amide bonds. The third kappa shape index (κ3) is 4.12. The number of hydrogen-bond donors (Lipinski definition) is 1. The van der Waals surface area contributed by atoms with Gasteiger partial charge in [-0.3, -0.25) is 0 Å². The van der Waals surface area contributed by atoms with Gasteiger partial charge < -0.3 is 5.32 Å². The van der Waals surface area contributed by atoms with Crippen LogP contribution < -0.4 is 5.32 Å². The van der Waals surface area contributed by atoms with Crippen molar-refractivity contribution >= 4 is 56.5 Å². The molecule has 0 aliphatic rings. The first-order valence-electron chi connectivity index (χ1n) is 5.53. The lowest BCUT2D eigenvalue weighted by Crippen LogP contribution is -2.26. The van der Waals surface area contributed by atoms with Gasteiger partial charge in [-0.05, 0) is 51.7 Å². The molecule has 1 aromatic heterocycles. The van der Waals surface area contributed by atoms with E-state index >= 15 is 0 Å². The van der Waals surface area contributed by atoms with E-state index in [1.165, 1.54) is 0 Å². The molecule has 2 rings (SSSR count). The molecule has 0 radical (unpaired) electrons. The molecule has 2 aromatic rings. The van der Waals surface area contributed by atoms with Crippen molar-refractivity contribution in [2.75, 3.05) is 12.4 Å². The molecule has 0 fully saturated rings. The molecule has 0 saturated heterocycles. The van der Waals surface area contributed by atoms with Crippen LogP contribution in [0, 0.1) is 0 Å².